The van der Waals surface area contributed by atoms with E-state index >= 15 is 0 Å². The highest BCUT2D eigenvalue weighted by atomic mass is 35.5. The van der Waals surface area contributed by atoms with Crippen molar-refractivity contribution in [3.63, 3.8) is 0 Å². The van der Waals surface area contributed by atoms with Crippen molar-refractivity contribution < 1.29 is 0 Å². The predicted octanol–water partition coefficient (Wildman–Crippen LogP) is 2.25. The molecular formula is C7H5ClN2S. The Morgan fingerprint density at radius 1 is 1.55 bits per heavy atom. The summed E-state index contributed by atoms with van der Waals surface area (Å²) in [5.74, 6) is 0.998. The molecule has 0 amide bonds. The van der Waals surface area contributed by atoms with Gasteiger partial charge in [-0.05, 0) is 17.7 Å². The molecule has 0 saturated heterocycles. The van der Waals surface area contributed by atoms with E-state index in [-0.39, 0.29) is 0 Å². The zero-order valence-electron chi connectivity index (χ0n) is 5.62. The van der Waals surface area contributed by atoms with Gasteiger partial charge in [0.25, 0.3) is 0 Å². The molecule has 1 aromatic heterocycles. The number of aromatic nitrogens is 2. The van der Waals surface area contributed by atoms with Crippen LogP contribution in [0.3, 0.4) is 0 Å². The fourth-order valence-electron chi connectivity index (χ4n) is 0.890. The van der Waals surface area contributed by atoms with E-state index in [0.717, 1.165) is 16.3 Å². The quantitative estimate of drug-likeness (QED) is 0.579. The summed E-state index contributed by atoms with van der Waals surface area (Å²) in [5.41, 5.74) is 0.932. The van der Waals surface area contributed by atoms with Crippen LogP contribution in [0.15, 0.2) is 17.2 Å². The molecule has 2 nitrogen and oxygen atoms in total. The molecular weight excluding hydrogens is 180 g/mol. The number of thioether (sulfide) groups is 1. The molecule has 0 saturated carbocycles. The molecule has 1 aliphatic rings. The molecule has 11 heavy (non-hydrogen) atoms. The SMILES string of the molecule is Clc1ncc2c(n1)C=CCS2. The van der Waals surface area contributed by atoms with Crippen LogP contribution in [-0.4, -0.2) is 15.7 Å². The molecule has 4 heteroatoms. The zero-order chi connectivity index (χ0) is 7.68. The third-order valence-corrected chi connectivity index (χ3v) is 2.53. The summed E-state index contributed by atoms with van der Waals surface area (Å²) in [5, 5.41) is 0.316. The van der Waals surface area contributed by atoms with Gasteiger partial charge in [0, 0.05) is 11.9 Å². The Labute approximate surface area is 73.7 Å². The lowest BCUT2D eigenvalue weighted by Gasteiger charge is -2.06. The van der Waals surface area contributed by atoms with Crippen molar-refractivity contribution >= 4 is 29.4 Å². The van der Waals surface area contributed by atoms with Crippen molar-refractivity contribution in [2.75, 3.05) is 5.75 Å². The number of hydrogen-bond acceptors (Lipinski definition) is 3. The van der Waals surface area contributed by atoms with Gasteiger partial charge in [-0.1, -0.05) is 6.08 Å². The minimum absolute atomic E-state index is 0.316. The van der Waals surface area contributed by atoms with Crippen LogP contribution in [0.4, 0.5) is 0 Å². The van der Waals surface area contributed by atoms with Gasteiger partial charge in [0.15, 0.2) is 0 Å². The topological polar surface area (TPSA) is 25.8 Å². The molecule has 1 aromatic rings. The van der Waals surface area contributed by atoms with Crippen molar-refractivity contribution in [2.45, 2.75) is 4.90 Å². The Morgan fingerprint density at radius 3 is 3.36 bits per heavy atom. The molecule has 56 valence electrons. The van der Waals surface area contributed by atoms with E-state index < -0.39 is 0 Å². The minimum atomic E-state index is 0.316. The van der Waals surface area contributed by atoms with E-state index in [1.165, 1.54) is 0 Å². The maximum atomic E-state index is 5.61. The van der Waals surface area contributed by atoms with Crippen molar-refractivity contribution in [1.82, 2.24) is 9.97 Å². The molecule has 0 aromatic carbocycles. The molecule has 0 radical (unpaired) electrons. The summed E-state index contributed by atoms with van der Waals surface area (Å²) in [6.45, 7) is 0. The van der Waals surface area contributed by atoms with E-state index in [2.05, 4.69) is 16.0 Å². The first-order chi connectivity index (χ1) is 5.36. The molecule has 0 spiro atoms. The molecule has 0 atom stereocenters. The van der Waals surface area contributed by atoms with Gasteiger partial charge in [-0.2, -0.15) is 0 Å². The second-order valence-corrected chi connectivity index (χ2v) is 3.50. The minimum Gasteiger partial charge on any atom is -0.225 e. The number of rotatable bonds is 0. The van der Waals surface area contributed by atoms with Crippen LogP contribution >= 0.6 is 23.4 Å². The Hall–Kier alpha value is -0.540. The predicted molar refractivity (Wildman–Crippen MR) is 46.8 cm³/mol. The van der Waals surface area contributed by atoms with E-state index in [4.69, 9.17) is 11.6 Å². The number of nitrogens with zero attached hydrogens (tertiary/aromatic N) is 2. The highest BCUT2D eigenvalue weighted by Crippen LogP contribution is 2.26. The van der Waals surface area contributed by atoms with Crippen LogP contribution in [0.25, 0.3) is 6.08 Å². The number of halogens is 1. The fourth-order valence-corrected chi connectivity index (χ4v) is 1.79. The fraction of sp³-hybridized carbons (Fsp3) is 0.143. The monoisotopic (exact) mass is 184 g/mol. The maximum absolute atomic E-state index is 5.61. The zero-order valence-corrected chi connectivity index (χ0v) is 7.19. The van der Waals surface area contributed by atoms with Crippen molar-refractivity contribution in [3.8, 4) is 0 Å². The normalized spacial score (nSPS) is 14.6. The van der Waals surface area contributed by atoms with E-state index in [9.17, 15) is 0 Å². The van der Waals surface area contributed by atoms with E-state index in [1.54, 1.807) is 18.0 Å². The first-order valence-corrected chi connectivity index (χ1v) is 4.54. The molecule has 0 bridgehead atoms. The van der Waals surface area contributed by atoms with Gasteiger partial charge in [0.2, 0.25) is 5.28 Å². The maximum Gasteiger partial charge on any atom is 0.222 e. The highest BCUT2D eigenvalue weighted by Gasteiger charge is 2.06. The second kappa shape index (κ2) is 2.83. The van der Waals surface area contributed by atoms with Gasteiger partial charge in [0.05, 0.1) is 10.6 Å². The smallest absolute Gasteiger partial charge is 0.222 e. The van der Waals surface area contributed by atoms with Crippen LogP contribution < -0.4 is 0 Å². The van der Waals surface area contributed by atoms with Crippen LogP contribution in [0.5, 0.6) is 0 Å². The van der Waals surface area contributed by atoms with E-state index in [0.29, 0.717) is 5.28 Å². The third-order valence-electron chi connectivity index (χ3n) is 1.36. The van der Waals surface area contributed by atoms with Gasteiger partial charge < -0.3 is 0 Å². The summed E-state index contributed by atoms with van der Waals surface area (Å²) >= 11 is 7.34. The Kier molecular flexibility index (Phi) is 1.84. The van der Waals surface area contributed by atoms with Crippen LogP contribution in [0.1, 0.15) is 5.69 Å². The lowest BCUT2D eigenvalue weighted by atomic mass is 10.3. The average molecular weight is 185 g/mol. The molecule has 2 rings (SSSR count). The molecule has 2 heterocycles. The highest BCUT2D eigenvalue weighted by molar-refractivity contribution is 7.99. The average Bonchev–Trinajstić information content (AvgIpc) is 2.04. The van der Waals surface area contributed by atoms with Crippen molar-refractivity contribution in [3.05, 3.63) is 23.3 Å². The molecule has 1 aliphatic heterocycles. The van der Waals surface area contributed by atoms with Crippen LogP contribution in [0, 0.1) is 0 Å². The van der Waals surface area contributed by atoms with Gasteiger partial charge in [0.1, 0.15) is 0 Å². The Morgan fingerprint density at radius 2 is 2.45 bits per heavy atom. The van der Waals surface area contributed by atoms with Crippen molar-refractivity contribution in [1.29, 1.82) is 0 Å². The molecule has 0 aliphatic carbocycles. The summed E-state index contributed by atoms with van der Waals surface area (Å²) in [4.78, 5) is 9.06. The summed E-state index contributed by atoms with van der Waals surface area (Å²) in [7, 11) is 0. The lowest BCUT2D eigenvalue weighted by Crippen LogP contribution is -1.93. The summed E-state index contributed by atoms with van der Waals surface area (Å²) in [6.07, 6.45) is 5.80. The van der Waals surface area contributed by atoms with E-state index in [1.807, 2.05) is 6.08 Å². The lowest BCUT2D eigenvalue weighted by molar-refractivity contribution is 1.08. The Balaban J connectivity index is 2.54. The molecule has 0 fully saturated rings. The van der Waals surface area contributed by atoms with Crippen molar-refractivity contribution in [2.24, 2.45) is 0 Å². The standard InChI is InChI=1S/C7H5ClN2S/c8-7-9-4-6-5(10-7)2-1-3-11-6/h1-2,4H,3H2. The second-order valence-electron chi connectivity index (χ2n) is 2.10. The third kappa shape index (κ3) is 1.39. The van der Waals surface area contributed by atoms with Gasteiger partial charge in [-0.3, -0.25) is 0 Å². The summed E-state index contributed by atoms with van der Waals surface area (Å²) in [6, 6.07) is 0. The summed E-state index contributed by atoms with van der Waals surface area (Å²) < 4.78 is 0. The first kappa shape index (κ1) is 7.13. The van der Waals surface area contributed by atoms with Gasteiger partial charge >= 0.3 is 0 Å². The largest absolute Gasteiger partial charge is 0.225 e. The van der Waals surface area contributed by atoms with Crippen LogP contribution in [-0.2, 0) is 0 Å². The van der Waals surface area contributed by atoms with Gasteiger partial charge in [-0.15, -0.1) is 11.8 Å². The number of fused-ring (bicyclic) bond motifs is 1. The molecule has 0 unspecified atom stereocenters. The number of hydrogen-bond donors (Lipinski definition) is 0. The molecule has 0 N–H and O–H groups in total. The van der Waals surface area contributed by atoms with Crippen LogP contribution in [0.2, 0.25) is 5.28 Å². The Bertz CT molecular complexity index is 311. The first-order valence-electron chi connectivity index (χ1n) is 3.18. The van der Waals surface area contributed by atoms with Gasteiger partial charge in [-0.25, -0.2) is 9.97 Å².